The molecule has 0 spiro atoms. The summed E-state index contributed by atoms with van der Waals surface area (Å²) in [6.45, 7) is 33.0. The summed E-state index contributed by atoms with van der Waals surface area (Å²) in [4.78, 5) is 0. The molecule has 0 aliphatic heterocycles. The van der Waals surface area contributed by atoms with Crippen molar-refractivity contribution in [1.29, 1.82) is 0 Å². The SMILES string of the molecule is CC=[P+](CCCCCC)C(c1cc(C(C)(C)C)cc(C(C)(C)C)c1)c1cc(C(C)(C)C)cc(C(C)(C)C)c1. The van der Waals surface area contributed by atoms with Gasteiger partial charge in [-0.2, -0.15) is 0 Å². The fourth-order valence-electron chi connectivity index (χ4n) is 5.05. The van der Waals surface area contributed by atoms with Crippen molar-refractivity contribution in [2.75, 3.05) is 6.16 Å². The van der Waals surface area contributed by atoms with Crippen molar-refractivity contribution in [3.8, 4) is 0 Å². The molecule has 0 heterocycles. The minimum atomic E-state index is -0.309. The van der Waals surface area contributed by atoms with Crippen LogP contribution in [-0.2, 0) is 21.7 Å². The molecule has 212 valence electrons. The van der Waals surface area contributed by atoms with Gasteiger partial charge in [-0.3, -0.25) is 0 Å². The van der Waals surface area contributed by atoms with Crippen molar-refractivity contribution in [3.05, 3.63) is 69.8 Å². The van der Waals surface area contributed by atoms with Crippen LogP contribution in [0.2, 0.25) is 0 Å². The zero-order valence-corrected chi connectivity index (χ0v) is 28.5. The molecule has 2 rings (SSSR count). The Labute approximate surface area is 238 Å². The van der Waals surface area contributed by atoms with Gasteiger partial charge < -0.3 is 0 Å². The molecule has 0 N–H and O–H groups in total. The van der Waals surface area contributed by atoms with Crippen LogP contribution < -0.4 is 0 Å². The number of hydrogen-bond acceptors (Lipinski definition) is 0. The van der Waals surface area contributed by atoms with Crippen LogP contribution in [0.3, 0.4) is 0 Å². The molecule has 0 saturated carbocycles. The number of unbranched alkanes of at least 4 members (excludes halogenated alkanes) is 3. The second-order valence-electron chi connectivity index (χ2n) is 15.6. The molecule has 0 fully saturated rings. The van der Waals surface area contributed by atoms with E-state index in [1.54, 1.807) is 0 Å². The summed E-state index contributed by atoms with van der Waals surface area (Å²) in [6.07, 6.45) is 6.63. The Morgan fingerprint density at radius 1 is 0.553 bits per heavy atom. The maximum Gasteiger partial charge on any atom is 0.166 e. The standard InChI is InChI=1S/C37H60P/c1-15-17-18-19-20-38(16-2)33(27-21-29(34(3,4)5)25-30(22-27)35(6,7)8)28-23-31(36(9,10)11)26-32(24-28)37(12,13)14/h16,21-26,33H,15,17-20H2,1-14H3/q+1. The first-order valence-electron chi connectivity index (χ1n) is 15.2. The van der Waals surface area contributed by atoms with E-state index in [1.807, 2.05) is 0 Å². The normalized spacial score (nSPS) is 13.9. The van der Waals surface area contributed by atoms with E-state index in [-0.39, 0.29) is 29.2 Å². The van der Waals surface area contributed by atoms with Gasteiger partial charge in [0.25, 0.3) is 0 Å². The molecule has 1 heteroatoms. The molecule has 0 aromatic heterocycles. The van der Waals surface area contributed by atoms with Crippen molar-refractivity contribution in [3.63, 3.8) is 0 Å². The Hall–Kier alpha value is -1.39. The summed E-state index contributed by atoms with van der Waals surface area (Å²) >= 11 is 0. The van der Waals surface area contributed by atoms with Gasteiger partial charge in [-0.05, 0) is 63.7 Å². The van der Waals surface area contributed by atoms with E-state index in [2.05, 4.69) is 139 Å². The highest BCUT2D eigenvalue weighted by molar-refractivity contribution is 7.57. The Kier molecular flexibility index (Phi) is 10.7. The first-order valence-corrected chi connectivity index (χ1v) is 16.8. The Bertz CT molecular complexity index is 947. The van der Waals surface area contributed by atoms with Crippen LogP contribution in [0.25, 0.3) is 0 Å². The molecule has 0 saturated heterocycles. The first-order chi connectivity index (χ1) is 17.3. The van der Waals surface area contributed by atoms with Gasteiger partial charge in [0.1, 0.15) is 13.7 Å². The van der Waals surface area contributed by atoms with Crippen LogP contribution >= 0.6 is 7.55 Å². The summed E-state index contributed by atoms with van der Waals surface area (Å²) in [5.74, 6) is 2.58. The Balaban J connectivity index is 2.92. The Morgan fingerprint density at radius 3 is 1.16 bits per heavy atom. The fourth-order valence-corrected chi connectivity index (χ4v) is 7.52. The van der Waals surface area contributed by atoms with Crippen LogP contribution in [-0.4, -0.2) is 12.0 Å². The van der Waals surface area contributed by atoms with E-state index in [0.29, 0.717) is 5.66 Å². The summed E-state index contributed by atoms with van der Waals surface area (Å²) in [5, 5.41) is 0. The van der Waals surface area contributed by atoms with Crippen LogP contribution in [0.5, 0.6) is 0 Å². The predicted molar refractivity (Wildman–Crippen MR) is 177 cm³/mol. The molecule has 0 bridgehead atoms. The van der Waals surface area contributed by atoms with Gasteiger partial charge in [0.05, 0.1) is 5.80 Å². The van der Waals surface area contributed by atoms with Crippen molar-refractivity contribution >= 4 is 13.3 Å². The molecule has 2 aromatic rings. The predicted octanol–water partition coefficient (Wildman–Crippen LogP) is 11.9. The number of rotatable bonds is 8. The minimum Gasteiger partial charge on any atom is -0.0654 e. The molecule has 0 aliphatic rings. The van der Waals surface area contributed by atoms with Gasteiger partial charge >= 0.3 is 0 Å². The molecule has 1 atom stereocenters. The van der Waals surface area contributed by atoms with Crippen LogP contribution in [0.4, 0.5) is 0 Å². The van der Waals surface area contributed by atoms with Crippen molar-refractivity contribution in [2.45, 2.75) is 150 Å². The van der Waals surface area contributed by atoms with Crippen molar-refractivity contribution in [2.24, 2.45) is 0 Å². The zero-order valence-electron chi connectivity index (χ0n) is 27.6. The molecule has 2 aromatic carbocycles. The minimum absolute atomic E-state index is 0.115. The van der Waals surface area contributed by atoms with E-state index < -0.39 is 0 Å². The first kappa shape index (κ1) is 32.8. The smallest absolute Gasteiger partial charge is 0.0654 e. The van der Waals surface area contributed by atoms with Crippen LogP contribution in [0.15, 0.2) is 36.4 Å². The highest BCUT2D eigenvalue weighted by Crippen LogP contribution is 2.50. The van der Waals surface area contributed by atoms with E-state index in [1.165, 1.54) is 65.2 Å². The lowest BCUT2D eigenvalue weighted by molar-refractivity contribution is 0.565. The topological polar surface area (TPSA) is 0 Å². The lowest BCUT2D eigenvalue weighted by Crippen LogP contribution is -2.19. The quantitative estimate of drug-likeness (QED) is 0.233. The third kappa shape index (κ3) is 8.81. The summed E-state index contributed by atoms with van der Waals surface area (Å²) in [7, 11) is -0.309. The molecular formula is C37H60P+. The van der Waals surface area contributed by atoms with Gasteiger partial charge in [-0.25, -0.2) is 0 Å². The fraction of sp³-hybridized carbons (Fsp3) is 0.649. The second-order valence-corrected chi connectivity index (χ2v) is 18.2. The molecule has 0 radical (unpaired) electrons. The number of benzene rings is 2. The average Bonchev–Trinajstić information content (AvgIpc) is 2.78. The van der Waals surface area contributed by atoms with E-state index in [4.69, 9.17) is 0 Å². The van der Waals surface area contributed by atoms with Crippen molar-refractivity contribution in [1.82, 2.24) is 0 Å². The molecule has 38 heavy (non-hydrogen) atoms. The molecular weight excluding hydrogens is 475 g/mol. The lowest BCUT2D eigenvalue weighted by Gasteiger charge is -2.29. The monoisotopic (exact) mass is 535 g/mol. The van der Waals surface area contributed by atoms with Crippen molar-refractivity contribution < 1.29 is 0 Å². The molecule has 0 aliphatic carbocycles. The number of hydrogen-bond donors (Lipinski definition) is 0. The lowest BCUT2D eigenvalue weighted by atomic mass is 9.77. The maximum atomic E-state index is 2.58. The van der Waals surface area contributed by atoms with Gasteiger partial charge in [0.2, 0.25) is 0 Å². The third-order valence-corrected chi connectivity index (χ3v) is 10.7. The van der Waals surface area contributed by atoms with Gasteiger partial charge in [-0.15, -0.1) is 0 Å². The zero-order chi connectivity index (χ0) is 29.1. The molecule has 0 nitrogen and oxygen atoms in total. The summed E-state index contributed by atoms with van der Waals surface area (Å²) < 4.78 is 0. The van der Waals surface area contributed by atoms with E-state index in [0.717, 1.165) is 0 Å². The molecule has 0 amide bonds. The largest absolute Gasteiger partial charge is 0.166 e. The highest BCUT2D eigenvalue weighted by atomic mass is 31.1. The van der Waals surface area contributed by atoms with E-state index >= 15 is 0 Å². The van der Waals surface area contributed by atoms with Gasteiger partial charge in [0.15, 0.2) is 5.66 Å². The average molecular weight is 536 g/mol. The summed E-state index contributed by atoms with van der Waals surface area (Å²) in [6, 6.07) is 15.2. The maximum absolute atomic E-state index is 2.58. The van der Waals surface area contributed by atoms with E-state index in [9.17, 15) is 0 Å². The summed E-state index contributed by atoms with van der Waals surface area (Å²) in [5.41, 5.74) is 9.78. The second kappa shape index (κ2) is 12.4. The van der Waals surface area contributed by atoms with Gasteiger partial charge in [-0.1, -0.05) is 139 Å². The Morgan fingerprint density at radius 2 is 0.895 bits per heavy atom. The van der Waals surface area contributed by atoms with Crippen LogP contribution in [0, 0.1) is 0 Å². The third-order valence-electron chi connectivity index (χ3n) is 7.94. The highest BCUT2D eigenvalue weighted by Gasteiger charge is 2.33. The molecule has 1 unspecified atom stereocenters. The van der Waals surface area contributed by atoms with Crippen LogP contribution in [0.1, 0.15) is 162 Å². The van der Waals surface area contributed by atoms with Gasteiger partial charge in [0, 0.05) is 11.1 Å².